The minimum Gasteiger partial charge on any atom is -0.396 e. The summed E-state index contributed by atoms with van der Waals surface area (Å²) in [5.74, 6) is 2.62. The molecule has 0 aromatic heterocycles. The van der Waals surface area contributed by atoms with Crippen molar-refractivity contribution in [3.05, 3.63) is 0 Å². The van der Waals surface area contributed by atoms with Crippen molar-refractivity contribution in [2.75, 3.05) is 32.8 Å². The Balaban J connectivity index is 1.28. The Morgan fingerprint density at radius 3 is 2.30 bits per heavy atom. The van der Waals surface area contributed by atoms with Gasteiger partial charge in [0, 0.05) is 17.9 Å². The van der Waals surface area contributed by atoms with Crippen molar-refractivity contribution in [3.63, 3.8) is 0 Å². The smallest absolute Gasteiger partial charge is 0.160 e. The quantitative estimate of drug-likeness (QED) is 0.556. The highest BCUT2D eigenvalue weighted by molar-refractivity contribution is 5.10. The zero-order valence-corrected chi connectivity index (χ0v) is 22.0. The average molecular weight is 462 g/mol. The molecule has 4 nitrogen and oxygen atoms in total. The minimum absolute atomic E-state index is 0.0626. The standard InChI is InChI=1S/C29H51NO3/c1-27(2)14-9-24-28(3,23(27)13-18-30-16-11-21(19-31)12-17-30)15-10-25-29(24,4)20-32-26(33-25)22-7-5-6-8-22/h21-26,31H,5-20H2,1-4H3/t23-,24?,25-,26-,28+,29+/m1/s1. The third-order valence-electron chi connectivity index (χ3n) is 11.4. The molecule has 6 atom stereocenters. The first-order chi connectivity index (χ1) is 15.8. The highest BCUT2D eigenvalue weighted by Crippen LogP contribution is 2.66. The van der Waals surface area contributed by atoms with E-state index in [0.717, 1.165) is 12.5 Å². The number of likely N-dealkylation sites (tertiary alicyclic amines) is 1. The zero-order chi connectivity index (χ0) is 23.3. The molecule has 0 aromatic rings. The van der Waals surface area contributed by atoms with Gasteiger partial charge in [-0.05, 0) is 106 Å². The fourth-order valence-electron chi connectivity index (χ4n) is 9.36. The van der Waals surface area contributed by atoms with Crippen LogP contribution in [0.15, 0.2) is 0 Å². The van der Waals surface area contributed by atoms with Gasteiger partial charge in [-0.25, -0.2) is 0 Å². The number of piperidine rings is 1. The summed E-state index contributed by atoms with van der Waals surface area (Å²) < 4.78 is 13.3. The first kappa shape index (κ1) is 24.5. The Morgan fingerprint density at radius 2 is 1.61 bits per heavy atom. The monoisotopic (exact) mass is 461 g/mol. The van der Waals surface area contributed by atoms with Crippen molar-refractivity contribution >= 4 is 0 Å². The lowest BCUT2D eigenvalue weighted by atomic mass is 9.42. The van der Waals surface area contributed by atoms with Crippen molar-refractivity contribution < 1.29 is 14.6 Å². The van der Waals surface area contributed by atoms with Gasteiger partial charge in [0.2, 0.25) is 0 Å². The van der Waals surface area contributed by atoms with Crippen LogP contribution in [0.25, 0.3) is 0 Å². The Bertz CT molecular complexity index is 668. The van der Waals surface area contributed by atoms with Gasteiger partial charge in [0.15, 0.2) is 6.29 Å². The van der Waals surface area contributed by atoms with Gasteiger partial charge >= 0.3 is 0 Å². The molecule has 5 fully saturated rings. The number of nitrogens with zero attached hydrogens (tertiary/aromatic N) is 1. The number of aliphatic hydroxyl groups is 1. The summed E-state index contributed by atoms with van der Waals surface area (Å²) in [6.07, 6.45) is 14.6. The second-order valence-electron chi connectivity index (χ2n) is 13.8. The SMILES string of the molecule is CC1(C)CCC2[C@]3(C)CO[C@@H](C4CCCC4)O[C@@H]3CC[C@@]2(C)[C@@H]1CCN1CCC(CO)CC1. The fraction of sp³-hybridized carbons (Fsp3) is 1.00. The molecule has 5 rings (SSSR count). The van der Waals surface area contributed by atoms with Crippen LogP contribution in [-0.2, 0) is 9.47 Å². The van der Waals surface area contributed by atoms with Crippen LogP contribution in [0.3, 0.4) is 0 Å². The molecule has 1 unspecified atom stereocenters. The molecular weight excluding hydrogens is 410 g/mol. The molecule has 0 radical (unpaired) electrons. The zero-order valence-electron chi connectivity index (χ0n) is 22.0. The second-order valence-corrected chi connectivity index (χ2v) is 13.8. The number of aliphatic hydroxyl groups excluding tert-OH is 1. The predicted octanol–water partition coefficient (Wildman–Crippen LogP) is 5.87. The molecule has 5 aliphatic rings. The molecule has 0 bridgehead atoms. The molecule has 3 aliphatic carbocycles. The third-order valence-corrected chi connectivity index (χ3v) is 11.4. The molecule has 33 heavy (non-hydrogen) atoms. The molecule has 0 spiro atoms. The van der Waals surface area contributed by atoms with Crippen LogP contribution in [0, 0.1) is 39.9 Å². The van der Waals surface area contributed by atoms with Crippen LogP contribution < -0.4 is 0 Å². The van der Waals surface area contributed by atoms with E-state index < -0.39 is 0 Å². The van der Waals surface area contributed by atoms with E-state index in [1.165, 1.54) is 90.3 Å². The Kier molecular flexibility index (Phi) is 6.97. The molecule has 4 heteroatoms. The summed E-state index contributed by atoms with van der Waals surface area (Å²) in [6, 6.07) is 0. The summed E-state index contributed by atoms with van der Waals surface area (Å²) >= 11 is 0. The fourth-order valence-corrected chi connectivity index (χ4v) is 9.36. The molecule has 2 aliphatic heterocycles. The number of hydrogen-bond donors (Lipinski definition) is 1. The van der Waals surface area contributed by atoms with E-state index in [-0.39, 0.29) is 11.7 Å². The van der Waals surface area contributed by atoms with Gasteiger partial charge in [-0.15, -0.1) is 0 Å². The number of hydrogen-bond acceptors (Lipinski definition) is 4. The van der Waals surface area contributed by atoms with Gasteiger partial charge in [-0.3, -0.25) is 0 Å². The van der Waals surface area contributed by atoms with E-state index >= 15 is 0 Å². The lowest BCUT2D eigenvalue weighted by molar-refractivity contribution is -0.322. The maximum atomic E-state index is 9.50. The highest BCUT2D eigenvalue weighted by Gasteiger charge is 2.62. The van der Waals surface area contributed by atoms with E-state index in [1.54, 1.807) is 0 Å². The third kappa shape index (κ3) is 4.45. The van der Waals surface area contributed by atoms with Crippen molar-refractivity contribution in [1.29, 1.82) is 0 Å². The van der Waals surface area contributed by atoms with E-state index in [1.807, 2.05) is 0 Å². The van der Waals surface area contributed by atoms with E-state index in [4.69, 9.17) is 9.47 Å². The van der Waals surface area contributed by atoms with Gasteiger partial charge in [0.1, 0.15) is 0 Å². The van der Waals surface area contributed by atoms with Crippen molar-refractivity contribution in [2.24, 2.45) is 39.9 Å². The molecule has 2 saturated heterocycles. The Labute approximate surface area is 203 Å². The van der Waals surface area contributed by atoms with Gasteiger partial charge in [0.05, 0.1) is 12.7 Å². The lowest BCUT2D eigenvalue weighted by Crippen LogP contribution is -2.63. The lowest BCUT2D eigenvalue weighted by Gasteiger charge is -2.65. The van der Waals surface area contributed by atoms with Crippen LogP contribution >= 0.6 is 0 Å². The van der Waals surface area contributed by atoms with Crippen LogP contribution in [-0.4, -0.2) is 55.2 Å². The molecule has 0 amide bonds. The Hall–Kier alpha value is -0.160. The van der Waals surface area contributed by atoms with Crippen LogP contribution in [0.2, 0.25) is 0 Å². The summed E-state index contributed by atoms with van der Waals surface area (Å²) in [5.41, 5.74) is 0.945. The van der Waals surface area contributed by atoms with Gasteiger partial charge < -0.3 is 19.5 Å². The Morgan fingerprint density at radius 1 is 0.879 bits per heavy atom. The van der Waals surface area contributed by atoms with Crippen molar-refractivity contribution in [3.8, 4) is 0 Å². The first-order valence-electron chi connectivity index (χ1n) is 14.4. The number of fused-ring (bicyclic) bond motifs is 3. The van der Waals surface area contributed by atoms with Crippen molar-refractivity contribution in [2.45, 2.75) is 111 Å². The summed E-state index contributed by atoms with van der Waals surface area (Å²) in [6.45, 7) is 15.1. The molecule has 0 aromatic carbocycles. The molecular formula is C29H51NO3. The highest BCUT2D eigenvalue weighted by atomic mass is 16.7. The topological polar surface area (TPSA) is 41.9 Å². The number of rotatable bonds is 5. The second kappa shape index (κ2) is 9.37. The first-order valence-corrected chi connectivity index (χ1v) is 14.4. The van der Waals surface area contributed by atoms with Crippen LogP contribution in [0.4, 0.5) is 0 Å². The van der Waals surface area contributed by atoms with Gasteiger partial charge in [0.25, 0.3) is 0 Å². The molecule has 1 N–H and O–H groups in total. The van der Waals surface area contributed by atoms with E-state index in [0.29, 0.717) is 41.3 Å². The molecule has 190 valence electrons. The maximum absolute atomic E-state index is 9.50. The average Bonchev–Trinajstić information content (AvgIpc) is 3.33. The predicted molar refractivity (Wildman–Crippen MR) is 133 cm³/mol. The van der Waals surface area contributed by atoms with Gasteiger partial charge in [-0.1, -0.05) is 40.5 Å². The molecule has 2 heterocycles. The largest absolute Gasteiger partial charge is 0.396 e. The van der Waals surface area contributed by atoms with Crippen LogP contribution in [0.1, 0.15) is 98.3 Å². The summed E-state index contributed by atoms with van der Waals surface area (Å²) in [4.78, 5) is 2.68. The number of ether oxygens (including phenoxy) is 2. The van der Waals surface area contributed by atoms with Gasteiger partial charge in [-0.2, -0.15) is 0 Å². The van der Waals surface area contributed by atoms with Crippen molar-refractivity contribution in [1.82, 2.24) is 4.90 Å². The summed E-state index contributed by atoms with van der Waals surface area (Å²) in [7, 11) is 0. The molecule has 3 saturated carbocycles. The summed E-state index contributed by atoms with van der Waals surface area (Å²) in [5, 5.41) is 9.50. The van der Waals surface area contributed by atoms with E-state index in [9.17, 15) is 5.11 Å². The van der Waals surface area contributed by atoms with Crippen LogP contribution in [0.5, 0.6) is 0 Å². The minimum atomic E-state index is 0.0626. The normalized spacial score (nSPS) is 45.0. The maximum Gasteiger partial charge on any atom is 0.160 e. The van der Waals surface area contributed by atoms with E-state index in [2.05, 4.69) is 32.6 Å².